The minimum absolute atomic E-state index is 0.0420. The molecule has 0 amide bonds. The van der Waals surface area contributed by atoms with Crippen molar-refractivity contribution < 1.29 is 54.1 Å². The lowest BCUT2D eigenvalue weighted by Gasteiger charge is -2.44. The Labute approximate surface area is 235 Å². The van der Waals surface area contributed by atoms with Crippen molar-refractivity contribution in [3.05, 3.63) is 51.6 Å². The highest BCUT2D eigenvalue weighted by Crippen LogP contribution is 2.52. The standard InChI is InChI=1S/C29H33NO11/c1-12-24(33)15(30(2)3)8-19(40-12)41-17-10-29(38,18(32)11-31)9-14-21(17)28(37)23-22(26(14)35)25(34)13-6-5-7-16(39-4)20(13)27(23)36/h5-7,12,15,17,19,24,31,33,35,37-38H,8-11H2,1-4H3/t12-,15-,17-,19-,24-,29-/m0/s1. The van der Waals surface area contributed by atoms with Crippen molar-refractivity contribution in [2.24, 2.45) is 0 Å². The van der Waals surface area contributed by atoms with Crippen LogP contribution in [0.15, 0.2) is 18.2 Å². The fourth-order valence-corrected chi connectivity index (χ4v) is 6.21. The molecule has 41 heavy (non-hydrogen) atoms. The average molecular weight is 572 g/mol. The molecular formula is C29H33NO11. The second-order valence-corrected chi connectivity index (χ2v) is 11.0. The Hall–Kier alpha value is -3.39. The zero-order valence-electron chi connectivity index (χ0n) is 23.1. The summed E-state index contributed by atoms with van der Waals surface area (Å²) in [6.45, 7) is 0.651. The Morgan fingerprint density at radius 3 is 2.44 bits per heavy atom. The smallest absolute Gasteiger partial charge is 0.202 e. The van der Waals surface area contributed by atoms with Gasteiger partial charge in [0, 0.05) is 42.0 Å². The molecule has 0 bridgehead atoms. The lowest BCUT2D eigenvalue weighted by Crippen LogP contribution is -2.54. The van der Waals surface area contributed by atoms with E-state index < -0.39 is 89.6 Å². The van der Waals surface area contributed by atoms with Crippen LogP contribution in [0.25, 0.3) is 0 Å². The topological polar surface area (TPSA) is 183 Å². The first-order chi connectivity index (χ1) is 19.3. The summed E-state index contributed by atoms with van der Waals surface area (Å²) >= 11 is 0. The molecule has 5 N–H and O–H groups in total. The summed E-state index contributed by atoms with van der Waals surface area (Å²) in [6.07, 6.45) is -4.61. The molecule has 1 saturated heterocycles. The van der Waals surface area contributed by atoms with Crippen LogP contribution in [-0.2, 0) is 20.7 Å². The fourth-order valence-electron chi connectivity index (χ4n) is 6.21. The summed E-state index contributed by atoms with van der Waals surface area (Å²) in [5, 5.41) is 54.5. The number of phenols is 2. The molecule has 6 atom stereocenters. The van der Waals surface area contributed by atoms with Gasteiger partial charge in [0.25, 0.3) is 0 Å². The van der Waals surface area contributed by atoms with Crippen LogP contribution >= 0.6 is 0 Å². The van der Waals surface area contributed by atoms with E-state index in [4.69, 9.17) is 14.2 Å². The van der Waals surface area contributed by atoms with Crippen LogP contribution in [0.1, 0.15) is 68.8 Å². The number of rotatable bonds is 6. The zero-order chi connectivity index (χ0) is 30.0. The van der Waals surface area contributed by atoms with Gasteiger partial charge < -0.3 is 44.6 Å². The van der Waals surface area contributed by atoms with E-state index in [9.17, 15) is 39.9 Å². The molecular weight excluding hydrogens is 538 g/mol. The predicted octanol–water partition coefficient (Wildman–Crippen LogP) is 0.604. The molecule has 5 rings (SSSR count). The largest absolute Gasteiger partial charge is 0.507 e. The molecule has 2 aliphatic carbocycles. The number of ketones is 3. The second-order valence-electron chi connectivity index (χ2n) is 11.0. The van der Waals surface area contributed by atoms with E-state index in [-0.39, 0.29) is 40.5 Å². The maximum absolute atomic E-state index is 13.7. The summed E-state index contributed by atoms with van der Waals surface area (Å²) in [6, 6.07) is 4.02. The molecule has 2 aromatic carbocycles. The van der Waals surface area contributed by atoms with Crippen molar-refractivity contribution >= 4 is 17.3 Å². The van der Waals surface area contributed by atoms with E-state index in [2.05, 4.69) is 0 Å². The van der Waals surface area contributed by atoms with Crippen LogP contribution in [0.5, 0.6) is 17.2 Å². The number of nitrogens with zero attached hydrogens (tertiary/aromatic N) is 1. The number of phenolic OH excluding ortho intramolecular Hbond substituents is 2. The molecule has 2 aromatic rings. The number of carbonyl (C=O) groups is 3. The third-order valence-electron chi connectivity index (χ3n) is 8.39. The minimum atomic E-state index is -2.23. The third-order valence-corrected chi connectivity index (χ3v) is 8.39. The average Bonchev–Trinajstić information content (AvgIpc) is 2.94. The fraction of sp³-hybridized carbons (Fsp3) is 0.483. The molecule has 0 spiro atoms. The number of benzene rings is 2. The van der Waals surface area contributed by atoms with Gasteiger partial charge in [-0.05, 0) is 27.1 Å². The first-order valence-corrected chi connectivity index (χ1v) is 13.2. The van der Waals surface area contributed by atoms with Crippen LogP contribution in [0.2, 0.25) is 0 Å². The zero-order valence-corrected chi connectivity index (χ0v) is 23.1. The van der Waals surface area contributed by atoms with Gasteiger partial charge in [-0.25, -0.2) is 0 Å². The Morgan fingerprint density at radius 2 is 1.80 bits per heavy atom. The Balaban J connectivity index is 1.67. The normalized spacial score (nSPS) is 29.1. The highest BCUT2D eigenvalue weighted by Gasteiger charge is 2.50. The van der Waals surface area contributed by atoms with Gasteiger partial charge >= 0.3 is 0 Å². The van der Waals surface area contributed by atoms with Gasteiger partial charge in [-0.1, -0.05) is 12.1 Å². The molecule has 220 valence electrons. The number of likely N-dealkylation sites (N-methyl/N-ethyl adjacent to an activating group) is 1. The maximum atomic E-state index is 13.7. The number of carbonyl (C=O) groups excluding carboxylic acids is 3. The molecule has 0 unspecified atom stereocenters. The first kappa shape index (κ1) is 29.1. The summed E-state index contributed by atoms with van der Waals surface area (Å²) in [4.78, 5) is 41.8. The number of methoxy groups -OCH3 is 1. The quantitative estimate of drug-likeness (QED) is 0.260. The van der Waals surface area contributed by atoms with Gasteiger partial charge in [0.1, 0.15) is 29.5 Å². The molecule has 3 aliphatic rings. The number of hydrogen-bond acceptors (Lipinski definition) is 12. The Kier molecular flexibility index (Phi) is 7.43. The van der Waals surface area contributed by atoms with Crippen LogP contribution in [0, 0.1) is 0 Å². The molecule has 1 fully saturated rings. The monoisotopic (exact) mass is 571 g/mol. The minimum Gasteiger partial charge on any atom is -0.507 e. The van der Waals surface area contributed by atoms with E-state index >= 15 is 0 Å². The number of aliphatic hydroxyl groups excluding tert-OH is 2. The van der Waals surface area contributed by atoms with Gasteiger partial charge in [-0.2, -0.15) is 0 Å². The van der Waals surface area contributed by atoms with Gasteiger partial charge in [-0.15, -0.1) is 0 Å². The molecule has 0 saturated carbocycles. The van der Waals surface area contributed by atoms with E-state index in [0.29, 0.717) is 0 Å². The Bertz CT molecular complexity index is 1440. The number of Topliss-reactive ketones (excluding diaryl/α,β-unsaturated/α-hetero) is 1. The number of hydrogen-bond donors (Lipinski definition) is 5. The van der Waals surface area contributed by atoms with Crippen molar-refractivity contribution in [1.82, 2.24) is 4.90 Å². The summed E-state index contributed by atoms with van der Waals surface area (Å²) < 4.78 is 17.3. The molecule has 1 aliphatic heterocycles. The van der Waals surface area contributed by atoms with Crippen LogP contribution in [0.3, 0.4) is 0 Å². The van der Waals surface area contributed by atoms with Crippen LogP contribution in [0.4, 0.5) is 0 Å². The van der Waals surface area contributed by atoms with Gasteiger partial charge in [-0.3, -0.25) is 14.4 Å². The van der Waals surface area contributed by atoms with Crippen molar-refractivity contribution in [3.63, 3.8) is 0 Å². The summed E-state index contributed by atoms with van der Waals surface area (Å²) in [7, 11) is 4.89. The Morgan fingerprint density at radius 1 is 1.12 bits per heavy atom. The van der Waals surface area contributed by atoms with E-state index in [1.54, 1.807) is 25.9 Å². The van der Waals surface area contributed by atoms with Crippen LogP contribution < -0.4 is 4.74 Å². The van der Waals surface area contributed by atoms with Crippen LogP contribution in [-0.4, -0.2) is 106 Å². The number of ether oxygens (including phenoxy) is 3. The van der Waals surface area contributed by atoms with Crippen molar-refractivity contribution in [3.8, 4) is 17.2 Å². The first-order valence-electron chi connectivity index (χ1n) is 13.2. The van der Waals surface area contributed by atoms with Gasteiger partial charge in [0.05, 0.1) is 42.1 Å². The predicted molar refractivity (Wildman–Crippen MR) is 141 cm³/mol. The highest BCUT2D eigenvalue weighted by atomic mass is 16.7. The second kappa shape index (κ2) is 10.5. The molecule has 12 nitrogen and oxygen atoms in total. The number of aromatic hydroxyl groups is 2. The molecule has 12 heteroatoms. The van der Waals surface area contributed by atoms with Crippen molar-refractivity contribution in [2.45, 2.75) is 62.4 Å². The third kappa shape index (κ3) is 4.51. The lowest BCUT2D eigenvalue weighted by molar-refractivity contribution is -0.256. The number of aliphatic hydroxyl groups is 3. The molecule has 1 heterocycles. The number of fused-ring (bicyclic) bond motifs is 3. The van der Waals surface area contributed by atoms with E-state index in [1.165, 1.54) is 25.3 Å². The van der Waals surface area contributed by atoms with Crippen molar-refractivity contribution in [1.29, 1.82) is 0 Å². The maximum Gasteiger partial charge on any atom is 0.202 e. The van der Waals surface area contributed by atoms with Crippen molar-refractivity contribution in [2.75, 3.05) is 27.8 Å². The van der Waals surface area contributed by atoms with E-state index in [0.717, 1.165) is 0 Å². The van der Waals surface area contributed by atoms with Gasteiger partial charge in [0.2, 0.25) is 5.78 Å². The van der Waals surface area contributed by atoms with E-state index in [1.807, 2.05) is 0 Å². The highest BCUT2D eigenvalue weighted by molar-refractivity contribution is 6.31. The SMILES string of the molecule is COc1cccc2c1C(=O)c1c(O)c3c(c(O)c1C2=O)C[C@@](O)(C(=O)CO)C[C@@H]3O[C@H]1C[C@H](N(C)C)[C@@H](O)[C@H](C)O1. The molecule has 0 aromatic heterocycles. The summed E-state index contributed by atoms with van der Waals surface area (Å²) in [5.41, 5.74) is -3.51. The molecule has 0 radical (unpaired) electrons. The summed E-state index contributed by atoms with van der Waals surface area (Å²) in [5.74, 6) is -3.68. The van der Waals surface area contributed by atoms with Gasteiger partial charge in [0.15, 0.2) is 17.9 Å². The lowest BCUT2D eigenvalue weighted by atomic mass is 9.72.